The zero-order valence-electron chi connectivity index (χ0n) is 18.9. The van der Waals surface area contributed by atoms with Gasteiger partial charge in [0.05, 0.1) is 12.0 Å². The van der Waals surface area contributed by atoms with Crippen LogP contribution in [0.2, 0.25) is 0 Å². The Hall–Kier alpha value is -2.96. The van der Waals surface area contributed by atoms with E-state index < -0.39 is 17.7 Å². The first-order valence-electron chi connectivity index (χ1n) is 12.0. The highest BCUT2D eigenvalue weighted by atomic mass is 19.4. The normalized spacial score (nSPS) is 18.9. The summed E-state index contributed by atoms with van der Waals surface area (Å²) in [6, 6.07) is 10.2. The van der Waals surface area contributed by atoms with Crippen molar-refractivity contribution >= 4 is 16.9 Å². The van der Waals surface area contributed by atoms with Gasteiger partial charge < -0.3 is 14.8 Å². The Balaban J connectivity index is 1.37. The summed E-state index contributed by atoms with van der Waals surface area (Å²) in [6.07, 6.45) is 1.94. The second-order valence-electron chi connectivity index (χ2n) is 9.60. The highest BCUT2D eigenvalue weighted by Gasteiger charge is 2.36. The van der Waals surface area contributed by atoms with Crippen LogP contribution in [0.4, 0.5) is 13.2 Å². The molecule has 0 radical (unpaired) electrons. The van der Waals surface area contributed by atoms with Crippen LogP contribution in [0.15, 0.2) is 36.4 Å². The zero-order valence-corrected chi connectivity index (χ0v) is 18.9. The third kappa shape index (κ3) is 4.52. The van der Waals surface area contributed by atoms with Gasteiger partial charge in [-0.15, -0.1) is 0 Å². The molecule has 4 nitrogen and oxygen atoms in total. The molecule has 1 unspecified atom stereocenters. The van der Waals surface area contributed by atoms with Crippen LogP contribution in [0.3, 0.4) is 0 Å². The summed E-state index contributed by atoms with van der Waals surface area (Å²) in [7, 11) is 0. The minimum absolute atomic E-state index is 0.0151. The molecule has 0 bridgehead atoms. The maximum Gasteiger partial charge on any atom is 0.416 e. The number of carboxylic acid groups (broad SMARTS) is 1. The number of carboxylic acids is 1. The van der Waals surface area contributed by atoms with E-state index in [2.05, 4.69) is 4.98 Å². The lowest BCUT2D eigenvalue weighted by Crippen LogP contribution is -2.13. The lowest BCUT2D eigenvalue weighted by molar-refractivity contribution is -0.139. The molecule has 3 aromatic rings. The summed E-state index contributed by atoms with van der Waals surface area (Å²) in [5.41, 5.74) is 3.39. The van der Waals surface area contributed by atoms with Gasteiger partial charge in [0.25, 0.3) is 0 Å². The van der Waals surface area contributed by atoms with E-state index >= 15 is 0 Å². The largest absolute Gasteiger partial charge is 0.489 e. The van der Waals surface area contributed by atoms with Crippen molar-refractivity contribution in [3.8, 4) is 5.75 Å². The van der Waals surface area contributed by atoms with Gasteiger partial charge in [0.2, 0.25) is 0 Å². The molecular weight excluding hydrogens is 443 g/mol. The predicted molar refractivity (Wildman–Crippen MR) is 123 cm³/mol. The summed E-state index contributed by atoms with van der Waals surface area (Å²) < 4.78 is 47.2. The van der Waals surface area contributed by atoms with Crippen LogP contribution in [0, 0.1) is 0 Å². The molecule has 2 aliphatic rings. The molecule has 0 aliphatic heterocycles. The minimum Gasteiger partial charge on any atom is -0.489 e. The fourth-order valence-corrected chi connectivity index (χ4v) is 5.74. The van der Waals surface area contributed by atoms with Crippen molar-refractivity contribution in [3.63, 3.8) is 0 Å². The molecule has 1 heterocycles. The van der Waals surface area contributed by atoms with Gasteiger partial charge >= 0.3 is 12.1 Å². The summed E-state index contributed by atoms with van der Waals surface area (Å²) in [5.74, 6) is -0.267. The number of hydrogen-bond donors (Lipinski definition) is 2. The summed E-state index contributed by atoms with van der Waals surface area (Å²) >= 11 is 0. The standard InChI is InChI=1S/C27H28F3NO3/c28-27(29,30)23-12-16(8-10-20(23)17-4-1-2-5-17)15-34-19-9-11-24-22(14-19)21-7-3-6-18(13-25(32)33)26(21)31-24/h8-12,14,17-18,31H,1-7,13,15H2,(H,32,33). The fraction of sp³-hybridized carbons (Fsp3) is 0.444. The second kappa shape index (κ2) is 9.01. The van der Waals surface area contributed by atoms with Crippen molar-refractivity contribution in [2.24, 2.45) is 0 Å². The minimum atomic E-state index is -4.39. The molecule has 2 aliphatic carbocycles. The summed E-state index contributed by atoms with van der Waals surface area (Å²) in [4.78, 5) is 14.6. The number of ether oxygens (including phenoxy) is 1. The van der Waals surface area contributed by atoms with Gasteiger partial charge in [-0.05, 0) is 79.0 Å². The van der Waals surface area contributed by atoms with E-state index in [1.165, 1.54) is 6.07 Å². The Morgan fingerprint density at radius 3 is 2.59 bits per heavy atom. The number of H-pyrrole nitrogens is 1. The van der Waals surface area contributed by atoms with Gasteiger partial charge in [0, 0.05) is 22.5 Å². The highest BCUT2D eigenvalue weighted by molar-refractivity contribution is 5.86. The van der Waals surface area contributed by atoms with E-state index in [1.54, 1.807) is 18.2 Å². The van der Waals surface area contributed by atoms with Crippen molar-refractivity contribution in [1.29, 1.82) is 0 Å². The SMILES string of the molecule is O=C(O)CC1CCCc2c1[nH]c1ccc(OCc3ccc(C4CCCC4)c(C(F)(F)F)c3)cc21. The number of hydrogen-bond acceptors (Lipinski definition) is 2. The van der Waals surface area contributed by atoms with Gasteiger partial charge in [-0.1, -0.05) is 25.0 Å². The summed E-state index contributed by atoms with van der Waals surface area (Å²) in [6.45, 7) is 0.0494. The fourth-order valence-electron chi connectivity index (χ4n) is 5.74. The number of rotatable bonds is 6. The Morgan fingerprint density at radius 2 is 1.85 bits per heavy atom. The molecule has 1 atom stereocenters. The third-order valence-corrected chi connectivity index (χ3v) is 7.34. The van der Waals surface area contributed by atoms with E-state index in [0.29, 0.717) is 16.9 Å². The molecule has 34 heavy (non-hydrogen) atoms. The Bertz CT molecular complexity index is 1210. The van der Waals surface area contributed by atoms with Crippen LogP contribution in [0.1, 0.15) is 84.7 Å². The van der Waals surface area contributed by atoms with Gasteiger partial charge in [0.1, 0.15) is 12.4 Å². The zero-order chi connectivity index (χ0) is 23.9. The van der Waals surface area contributed by atoms with E-state index in [9.17, 15) is 23.1 Å². The molecule has 7 heteroatoms. The number of fused-ring (bicyclic) bond motifs is 3. The van der Waals surface area contributed by atoms with E-state index in [4.69, 9.17) is 4.74 Å². The molecule has 5 rings (SSSR count). The molecule has 0 amide bonds. The van der Waals surface area contributed by atoms with Crippen molar-refractivity contribution < 1.29 is 27.8 Å². The molecule has 180 valence electrons. The Morgan fingerprint density at radius 1 is 1.06 bits per heavy atom. The van der Waals surface area contributed by atoms with Crippen LogP contribution < -0.4 is 4.74 Å². The van der Waals surface area contributed by atoms with Gasteiger partial charge in [-0.2, -0.15) is 13.2 Å². The third-order valence-electron chi connectivity index (χ3n) is 7.34. The molecule has 0 spiro atoms. The maximum atomic E-state index is 13.8. The topological polar surface area (TPSA) is 62.3 Å². The maximum absolute atomic E-state index is 13.8. The van der Waals surface area contributed by atoms with Gasteiger partial charge in [-0.3, -0.25) is 4.79 Å². The monoisotopic (exact) mass is 471 g/mol. The number of aromatic nitrogens is 1. The van der Waals surface area contributed by atoms with Crippen LogP contribution in [0.25, 0.3) is 10.9 Å². The number of alkyl halides is 3. The number of nitrogens with one attached hydrogen (secondary N) is 1. The Labute approximate surface area is 196 Å². The average molecular weight is 472 g/mol. The highest BCUT2D eigenvalue weighted by Crippen LogP contribution is 2.42. The van der Waals surface area contributed by atoms with Crippen molar-refractivity contribution in [1.82, 2.24) is 4.98 Å². The molecule has 2 N–H and O–H groups in total. The molecular formula is C27H28F3NO3. The van der Waals surface area contributed by atoms with Crippen LogP contribution in [0.5, 0.6) is 5.75 Å². The molecule has 1 saturated carbocycles. The first-order valence-corrected chi connectivity index (χ1v) is 12.0. The number of benzene rings is 2. The van der Waals surface area contributed by atoms with Crippen molar-refractivity contribution in [2.45, 2.75) is 76.0 Å². The van der Waals surface area contributed by atoms with E-state index in [-0.39, 0.29) is 24.9 Å². The Kier molecular flexibility index (Phi) is 6.04. The smallest absolute Gasteiger partial charge is 0.416 e. The van der Waals surface area contributed by atoms with Crippen LogP contribution in [-0.2, 0) is 24.0 Å². The molecule has 0 saturated heterocycles. The first kappa shape index (κ1) is 22.8. The van der Waals surface area contributed by atoms with Crippen molar-refractivity contribution in [3.05, 3.63) is 64.3 Å². The predicted octanol–water partition coefficient (Wildman–Crippen LogP) is 7.32. The molecule has 1 fully saturated rings. The van der Waals surface area contributed by atoms with Gasteiger partial charge in [-0.25, -0.2) is 0 Å². The van der Waals surface area contributed by atoms with E-state index in [0.717, 1.165) is 67.1 Å². The van der Waals surface area contributed by atoms with Crippen molar-refractivity contribution in [2.75, 3.05) is 0 Å². The number of aromatic amines is 1. The summed E-state index contributed by atoms with van der Waals surface area (Å²) in [5, 5.41) is 10.2. The quantitative estimate of drug-likeness (QED) is 0.396. The number of aryl methyl sites for hydroxylation is 1. The lowest BCUT2D eigenvalue weighted by atomic mass is 9.85. The first-order chi connectivity index (χ1) is 16.3. The molecule has 1 aromatic heterocycles. The lowest BCUT2D eigenvalue weighted by Gasteiger charge is -2.21. The van der Waals surface area contributed by atoms with E-state index in [1.807, 2.05) is 12.1 Å². The van der Waals surface area contributed by atoms with Gasteiger partial charge in [0.15, 0.2) is 0 Å². The van der Waals surface area contributed by atoms with Crippen LogP contribution >= 0.6 is 0 Å². The molecule has 2 aromatic carbocycles. The number of carbonyl (C=O) groups is 1. The number of aliphatic carboxylic acids is 1. The second-order valence-corrected chi connectivity index (χ2v) is 9.60. The average Bonchev–Trinajstić information content (AvgIpc) is 3.45. The van der Waals surface area contributed by atoms with Crippen LogP contribution in [-0.4, -0.2) is 16.1 Å². The number of halogens is 3.